The van der Waals surface area contributed by atoms with Crippen LogP contribution in [0.5, 0.6) is 0 Å². The van der Waals surface area contributed by atoms with Gasteiger partial charge < -0.3 is 0 Å². The van der Waals surface area contributed by atoms with Gasteiger partial charge in [0.2, 0.25) is 0 Å². The van der Waals surface area contributed by atoms with E-state index in [0.29, 0.717) is 0 Å². The molecule has 10 heavy (non-hydrogen) atoms. The Morgan fingerprint density at radius 2 is 2.50 bits per heavy atom. The van der Waals surface area contributed by atoms with Gasteiger partial charge in [-0.15, -0.1) is 0 Å². The summed E-state index contributed by atoms with van der Waals surface area (Å²) < 4.78 is 0. The normalized spacial score (nSPS) is 25.1. The lowest BCUT2D eigenvalue weighted by molar-refractivity contribution is 0.504. The van der Waals surface area contributed by atoms with Gasteiger partial charge in [0.15, 0.2) is 0 Å². The Bertz CT molecular complexity index is 103. The molecule has 1 radical (unpaired) electrons. The molecule has 1 aliphatic rings. The largest absolute Gasteiger partial charge is 0.0883 e. The van der Waals surface area contributed by atoms with E-state index in [0.717, 1.165) is 5.92 Å². The summed E-state index contributed by atoms with van der Waals surface area (Å²) in [5, 5.41) is 0. The molecule has 0 amide bonds. The van der Waals surface area contributed by atoms with Crippen LogP contribution < -0.4 is 0 Å². The maximum atomic E-state index is 2.40. The number of rotatable bonds is 3. The van der Waals surface area contributed by atoms with Crippen LogP contribution in [0.25, 0.3) is 0 Å². The van der Waals surface area contributed by atoms with Gasteiger partial charge in [-0.3, -0.25) is 0 Å². The van der Waals surface area contributed by atoms with Crippen molar-refractivity contribution in [3.63, 3.8) is 0 Å². The number of unbranched alkanes of at least 4 members (excludes halogenated alkanes) is 1. The Balaban J connectivity index is 2.13. The van der Waals surface area contributed by atoms with Gasteiger partial charge >= 0.3 is 0 Å². The van der Waals surface area contributed by atoms with E-state index in [-0.39, 0.29) is 0 Å². The van der Waals surface area contributed by atoms with E-state index in [1.807, 2.05) is 0 Å². The van der Waals surface area contributed by atoms with Crippen LogP contribution in [0.2, 0.25) is 0 Å². The highest BCUT2D eigenvalue weighted by atomic mass is 14.1. The first-order valence-corrected chi connectivity index (χ1v) is 4.38. The van der Waals surface area contributed by atoms with Crippen molar-refractivity contribution in [1.82, 2.24) is 0 Å². The smallest absolute Gasteiger partial charge is 0.0233 e. The van der Waals surface area contributed by atoms with Crippen molar-refractivity contribution in [2.45, 2.75) is 39.0 Å². The van der Waals surface area contributed by atoms with Crippen molar-refractivity contribution in [3.05, 3.63) is 18.6 Å². The lowest BCUT2D eigenvalue weighted by Crippen LogP contribution is -1.99. The summed E-state index contributed by atoms with van der Waals surface area (Å²) in [6.45, 7) is 2.15. The SMILES string of the molecule is C[CH]CCC1C=CCCC1. The van der Waals surface area contributed by atoms with E-state index in [2.05, 4.69) is 25.5 Å². The lowest BCUT2D eigenvalue weighted by atomic mass is 9.91. The van der Waals surface area contributed by atoms with Gasteiger partial charge in [-0.2, -0.15) is 0 Å². The van der Waals surface area contributed by atoms with Crippen molar-refractivity contribution in [1.29, 1.82) is 0 Å². The van der Waals surface area contributed by atoms with Crippen LogP contribution in [0.3, 0.4) is 0 Å². The van der Waals surface area contributed by atoms with Crippen LogP contribution in [0.4, 0.5) is 0 Å². The summed E-state index contributed by atoms with van der Waals surface area (Å²) in [5.74, 6) is 0.893. The molecule has 1 aliphatic carbocycles. The fourth-order valence-corrected chi connectivity index (χ4v) is 1.50. The van der Waals surface area contributed by atoms with Gasteiger partial charge in [0.1, 0.15) is 0 Å². The number of allylic oxidation sites excluding steroid dienone is 2. The fourth-order valence-electron chi connectivity index (χ4n) is 1.50. The zero-order valence-corrected chi connectivity index (χ0v) is 6.84. The van der Waals surface area contributed by atoms with Crippen LogP contribution in [0.15, 0.2) is 12.2 Å². The monoisotopic (exact) mass is 137 g/mol. The molecule has 0 aromatic carbocycles. The lowest BCUT2D eigenvalue weighted by Gasteiger charge is -2.14. The third-order valence-electron chi connectivity index (χ3n) is 2.18. The molecular weight excluding hydrogens is 120 g/mol. The minimum absolute atomic E-state index is 0.893. The first-order chi connectivity index (χ1) is 4.93. The predicted molar refractivity (Wildman–Crippen MR) is 45.7 cm³/mol. The Kier molecular flexibility index (Phi) is 3.56. The first-order valence-electron chi connectivity index (χ1n) is 4.38. The van der Waals surface area contributed by atoms with Crippen molar-refractivity contribution < 1.29 is 0 Å². The summed E-state index contributed by atoms with van der Waals surface area (Å²) in [5.41, 5.74) is 0. The molecule has 0 aromatic rings. The minimum Gasteiger partial charge on any atom is -0.0883 e. The molecule has 0 bridgehead atoms. The van der Waals surface area contributed by atoms with Crippen molar-refractivity contribution >= 4 is 0 Å². The Hall–Kier alpha value is -0.260. The molecule has 0 saturated heterocycles. The maximum absolute atomic E-state index is 2.40. The van der Waals surface area contributed by atoms with E-state index in [4.69, 9.17) is 0 Å². The standard InChI is InChI=1S/C10H17/c1-2-3-7-10-8-5-4-6-9-10/h2,5,8,10H,3-4,6-7,9H2,1H3. The highest BCUT2D eigenvalue weighted by Gasteiger charge is 2.06. The van der Waals surface area contributed by atoms with E-state index < -0.39 is 0 Å². The molecule has 0 N–H and O–H groups in total. The van der Waals surface area contributed by atoms with Gasteiger partial charge in [0.25, 0.3) is 0 Å². The summed E-state index contributed by atoms with van der Waals surface area (Å²) in [4.78, 5) is 0. The number of hydrogen-bond donors (Lipinski definition) is 0. The van der Waals surface area contributed by atoms with Crippen molar-refractivity contribution in [3.8, 4) is 0 Å². The Morgan fingerprint density at radius 3 is 3.10 bits per heavy atom. The molecule has 0 saturated carbocycles. The van der Waals surface area contributed by atoms with Gasteiger partial charge in [-0.25, -0.2) is 0 Å². The van der Waals surface area contributed by atoms with Crippen molar-refractivity contribution in [2.75, 3.05) is 0 Å². The topological polar surface area (TPSA) is 0 Å². The summed E-state index contributed by atoms with van der Waals surface area (Å²) in [7, 11) is 0. The van der Waals surface area contributed by atoms with Crippen LogP contribution in [-0.2, 0) is 0 Å². The second-order valence-corrected chi connectivity index (χ2v) is 3.10. The third kappa shape index (κ3) is 2.55. The van der Waals surface area contributed by atoms with Gasteiger partial charge in [0, 0.05) is 0 Å². The Morgan fingerprint density at radius 1 is 1.60 bits per heavy atom. The molecule has 0 nitrogen and oxygen atoms in total. The van der Waals surface area contributed by atoms with Crippen LogP contribution >= 0.6 is 0 Å². The van der Waals surface area contributed by atoms with E-state index in [1.165, 1.54) is 32.1 Å². The second kappa shape index (κ2) is 4.54. The molecule has 1 atom stereocenters. The molecule has 0 spiro atoms. The van der Waals surface area contributed by atoms with Gasteiger partial charge in [0.05, 0.1) is 0 Å². The predicted octanol–water partition coefficient (Wildman–Crippen LogP) is 3.35. The third-order valence-corrected chi connectivity index (χ3v) is 2.18. The average molecular weight is 137 g/mol. The van der Waals surface area contributed by atoms with Gasteiger partial charge in [-0.1, -0.05) is 19.1 Å². The molecule has 0 aromatic heterocycles. The summed E-state index contributed by atoms with van der Waals surface area (Å²) >= 11 is 0. The van der Waals surface area contributed by atoms with Crippen LogP contribution in [-0.4, -0.2) is 0 Å². The van der Waals surface area contributed by atoms with Crippen LogP contribution in [0, 0.1) is 12.3 Å². The van der Waals surface area contributed by atoms with E-state index in [1.54, 1.807) is 0 Å². The fraction of sp³-hybridized carbons (Fsp3) is 0.700. The van der Waals surface area contributed by atoms with Crippen LogP contribution in [0.1, 0.15) is 39.0 Å². The molecular formula is C10H17. The maximum Gasteiger partial charge on any atom is -0.0233 e. The second-order valence-electron chi connectivity index (χ2n) is 3.10. The summed E-state index contributed by atoms with van der Waals surface area (Å²) in [6.07, 6.45) is 13.8. The Labute approximate surface area is 64.3 Å². The number of hydrogen-bond acceptors (Lipinski definition) is 0. The first kappa shape index (κ1) is 7.84. The summed E-state index contributed by atoms with van der Waals surface area (Å²) in [6, 6.07) is 0. The zero-order valence-electron chi connectivity index (χ0n) is 6.84. The average Bonchev–Trinajstić information content (AvgIpc) is 2.03. The highest BCUT2D eigenvalue weighted by Crippen LogP contribution is 2.21. The van der Waals surface area contributed by atoms with Gasteiger partial charge in [-0.05, 0) is 44.4 Å². The molecule has 0 fully saturated rings. The minimum atomic E-state index is 0.893. The molecule has 57 valence electrons. The quantitative estimate of drug-likeness (QED) is 0.523. The molecule has 1 unspecified atom stereocenters. The van der Waals surface area contributed by atoms with E-state index in [9.17, 15) is 0 Å². The van der Waals surface area contributed by atoms with E-state index >= 15 is 0 Å². The van der Waals surface area contributed by atoms with Crippen molar-refractivity contribution in [2.24, 2.45) is 5.92 Å². The molecule has 0 heteroatoms. The molecule has 0 aliphatic heterocycles. The highest BCUT2D eigenvalue weighted by molar-refractivity contribution is 4.93. The zero-order chi connectivity index (χ0) is 7.23. The molecule has 0 heterocycles. The molecule has 1 rings (SSSR count).